The monoisotopic (exact) mass is 312 g/mol. The fraction of sp³-hybridized carbons (Fsp3) is 0.600. The van der Waals surface area contributed by atoms with Crippen molar-refractivity contribution in [1.29, 1.82) is 0 Å². The van der Waals surface area contributed by atoms with Crippen LogP contribution in [0.5, 0.6) is 5.88 Å². The van der Waals surface area contributed by atoms with E-state index in [1.54, 1.807) is 6.07 Å². The minimum Gasteiger partial charge on any atom is -0.471 e. The second kappa shape index (κ2) is 7.61. The maximum atomic E-state index is 12.0. The van der Waals surface area contributed by atoms with Crippen molar-refractivity contribution in [3.63, 3.8) is 0 Å². The Morgan fingerprint density at radius 3 is 3.05 bits per heavy atom. The van der Waals surface area contributed by atoms with Crippen LogP contribution in [-0.2, 0) is 4.74 Å². The molecule has 1 aliphatic rings. The van der Waals surface area contributed by atoms with Gasteiger partial charge in [0, 0.05) is 19.2 Å². The predicted molar refractivity (Wildman–Crippen MR) is 80.9 cm³/mol. The van der Waals surface area contributed by atoms with E-state index in [2.05, 4.69) is 24.1 Å². The van der Waals surface area contributed by atoms with Crippen LogP contribution in [0.2, 0.25) is 5.02 Å². The van der Waals surface area contributed by atoms with Crippen molar-refractivity contribution in [2.75, 3.05) is 19.8 Å². The normalized spacial score (nSPS) is 18.0. The van der Waals surface area contributed by atoms with E-state index in [9.17, 15) is 4.79 Å². The van der Waals surface area contributed by atoms with Crippen LogP contribution in [0.4, 0.5) is 0 Å². The maximum Gasteiger partial charge on any atom is 0.252 e. The van der Waals surface area contributed by atoms with Crippen LogP contribution in [0.3, 0.4) is 0 Å². The fourth-order valence-corrected chi connectivity index (χ4v) is 2.19. The zero-order valence-electron chi connectivity index (χ0n) is 12.4. The van der Waals surface area contributed by atoms with Crippen molar-refractivity contribution in [1.82, 2.24) is 10.3 Å². The van der Waals surface area contributed by atoms with Gasteiger partial charge in [0.25, 0.3) is 5.91 Å². The van der Waals surface area contributed by atoms with Gasteiger partial charge in [-0.1, -0.05) is 25.4 Å². The highest BCUT2D eigenvalue weighted by Crippen LogP contribution is 2.25. The molecule has 0 aromatic carbocycles. The van der Waals surface area contributed by atoms with E-state index in [-0.39, 0.29) is 12.0 Å². The average molecular weight is 313 g/mol. The first-order valence-electron chi connectivity index (χ1n) is 7.24. The number of hydrogen-bond donors (Lipinski definition) is 1. The van der Waals surface area contributed by atoms with E-state index in [1.165, 1.54) is 6.20 Å². The lowest BCUT2D eigenvalue weighted by Gasteiger charge is -2.13. The average Bonchev–Trinajstić information content (AvgIpc) is 2.93. The molecule has 1 N–H and O–H groups in total. The van der Waals surface area contributed by atoms with Crippen molar-refractivity contribution in [2.24, 2.45) is 5.92 Å². The van der Waals surface area contributed by atoms with E-state index in [4.69, 9.17) is 21.1 Å². The van der Waals surface area contributed by atoms with Crippen molar-refractivity contribution in [2.45, 2.75) is 32.8 Å². The maximum absolute atomic E-state index is 12.0. The Balaban J connectivity index is 1.92. The summed E-state index contributed by atoms with van der Waals surface area (Å²) >= 11 is 6.13. The number of nitrogens with one attached hydrogen (secondary N) is 1. The molecule has 1 amide bonds. The van der Waals surface area contributed by atoms with Crippen LogP contribution in [0, 0.1) is 5.92 Å². The number of carbonyl (C=O) groups is 1. The van der Waals surface area contributed by atoms with Gasteiger partial charge < -0.3 is 14.8 Å². The minimum atomic E-state index is -0.166. The lowest BCUT2D eigenvalue weighted by atomic mass is 10.1. The lowest BCUT2D eigenvalue weighted by molar-refractivity contribution is 0.0951. The van der Waals surface area contributed by atoms with E-state index >= 15 is 0 Å². The molecule has 0 bridgehead atoms. The van der Waals surface area contributed by atoms with Crippen molar-refractivity contribution in [3.8, 4) is 5.88 Å². The van der Waals surface area contributed by atoms with Gasteiger partial charge in [0.1, 0.15) is 11.1 Å². The van der Waals surface area contributed by atoms with Gasteiger partial charge in [0.2, 0.25) is 5.88 Å². The van der Waals surface area contributed by atoms with E-state index in [0.717, 1.165) is 12.8 Å². The minimum absolute atomic E-state index is 0.0132. The lowest BCUT2D eigenvalue weighted by Crippen LogP contribution is -2.25. The van der Waals surface area contributed by atoms with Gasteiger partial charge in [-0.05, 0) is 18.4 Å². The summed E-state index contributed by atoms with van der Waals surface area (Å²) in [5.41, 5.74) is 0.443. The Kier molecular flexibility index (Phi) is 5.82. The summed E-state index contributed by atoms with van der Waals surface area (Å²) in [4.78, 5) is 16.1. The number of carbonyl (C=O) groups excluding carboxylic acids is 1. The molecule has 1 unspecified atom stereocenters. The zero-order valence-corrected chi connectivity index (χ0v) is 13.2. The number of pyridine rings is 1. The molecule has 1 saturated heterocycles. The van der Waals surface area contributed by atoms with E-state index < -0.39 is 0 Å². The molecule has 2 rings (SSSR count). The molecule has 1 aromatic rings. The summed E-state index contributed by atoms with van der Waals surface area (Å²) in [5.74, 6) is 0.739. The van der Waals surface area contributed by atoms with Crippen LogP contribution < -0.4 is 10.1 Å². The number of hydrogen-bond acceptors (Lipinski definition) is 4. The van der Waals surface area contributed by atoms with Crippen LogP contribution in [0.25, 0.3) is 0 Å². The molecule has 116 valence electrons. The number of halogens is 1. The molecule has 21 heavy (non-hydrogen) atoms. The molecule has 2 heterocycles. The van der Waals surface area contributed by atoms with Gasteiger partial charge in [-0.25, -0.2) is 4.98 Å². The quantitative estimate of drug-likeness (QED) is 0.877. The van der Waals surface area contributed by atoms with Gasteiger partial charge >= 0.3 is 0 Å². The van der Waals surface area contributed by atoms with Gasteiger partial charge in [0.05, 0.1) is 18.8 Å². The zero-order chi connectivity index (χ0) is 15.2. The third-order valence-corrected chi connectivity index (χ3v) is 3.51. The Morgan fingerprint density at radius 2 is 2.43 bits per heavy atom. The van der Waals surface area contributed by atoms with Crippen LogP contribution in [0.15, 0.2) is 12.3 Å². The topological polar surface area (TPSA) is 60.5 Å². The largest absolute Gasteiger partial charge is 0.471 e. The van der Waals surface area contributed by atoms with E-state index in [1.807, 2.05) is 0 Å². The molecule has 1 fully saturated rings. The summed E-state index contributed by atoms with van der Waals surface area (Å²) in [6.45, 7) is 6.12. The number of amides is 1. The Bertz CT molecular complexity index is 488. The summed E-state index contributed by atoms with van der Waals surface area (Å²) in [7, 11) is 0. The van der Waals surface area contributed by atoms with Crippen molar-refractivity contribution in [3.05, 3.63) is 22.8 Å². The SMILES string of the molecule is CC(C)CCNC(=O)c1cnc(OC2CCOC2)c(Cl)c1. The molecular formula is C15H21ClN2O3. The molecule has 6 heteroatoms. The Hall–Kier alpha value is -1.33. The smallest absolute Gasteiger partial charge is 0.252 e. The molecule has 0 saturated carbocycles. The van der Waals surface area contributed by atoms with Gasteiger partial charge in [-0.3, -0.25) is 4.79 Å². The number of rotatable bonds is 6. The van der Waals surface area contributed by atoms with Crippen molar-refractivity contribution >= 4 is 17.5 Å². The summed E-state index contributed by atoms with van der Waals surface area (Å²) in [5, 5.41) is 3.20. The Morgan fingerprint density at radius 1 is 1.62 bits per heavy atom. The second-order valence-corrected chi connectivity index (χ2v) is 5.96. The van der Waals surface area contributed by atoms with Gasteiger partial charge in [0.15, 0.2) is 0 Å². The number of nitrogens with zero attached hydrogens (tertiary/aromatic N) is 1. The molecule has 1 aromatic heterocycles. The summed E-state index contributed by atoms with van der Waals surface area (Å²) < 4.78 is 10.9. The summed E-state index contributed by atoms with van der Waals surface area (Å²) in [6, 6.07) is 1.59. The number of ether oxygens (including phenoxy) is 2. The van der Waals surface area contributed by atoms with E-state index in [0.29, 0.717) is 42.1 Å². The van der Waals surface area contributed by atoms with Gasteiger partial charge in [-0.15, -0.1) is 0 Å². The molecule has 5 nitrogen and oxygen atoms in total. The van der Waals surface area contributed by atoms with Crippen LogP contribution in [0.1, 0.15) is 37.0 Å². The Labute approximate surface area is 130 Å². The molecule has 0 aliphatic carbocycles. The second-order valence-electron chi connectivity index (χ2n) is 5.55. The fourth-order valence-electron chi connectivity index (χ4n) is 1.98. The highest BCUT2D eigenvalue weighted by Gasteiger charge is 2.19. The molecule has 0 radical (unpaired) electrons. The predicted octanol–water partition coefficient (Wildman–Crippen LogP) is 2.68. The first kappa shape index (κ1) is 16.0. The van der Waals surface area contributed by atoms with Crippen molar-refractivity contribution < 1.29 is 14.3 Å². The summed E-state index contributed by atoms with van der Waals surface area (Å²) in [6.07, 6.45) is 3.24. The standard InChI is InChI=1S/C15H21ClN2O3/c1-10(2)3-5-17-14(19)11-7-13(16)15(18-8-11)21-12-4-6-20-9-12/h7-8,10,12H,3-6,9H2,1-2H3,(H,17,19). The highest BCUT2D eigenvalue weighted by atomic mass is 35.5. The highest BCUT2D eigenvalue weighted by molar-refractivity contribution is 6.32. The van der Waals surface area contributed by atoms with Crippen LogP contribution in [-0.4, -0.2) is 36.8 Å². The first-order valence-corrected chi connectivity index (χ1v) is 7.62. The molecular weight excluding hydrogens is 292 g/mol. The first-order chi connectivity index (χ1) is 10.1. The molecule has 1 aliphatic heterocycles. The van der Waals surface area contributed by atoms with Crippen LogP contribution >= 0.6 is 11.6 Å². The number of aromatic nitrogens is 1. The third kappa shape index (κ3) is 4.86. The molecule has 1 atom stereocenters. The third-order valence-electron chi connectivity index (χ3n) is 3.24. The molecule has 0 spiro atoms. The van der Waals surface area contributed by atoms with Gasteiger partial charge in [-0.2, -0.15) is 0 Å².